The average molecular weight is 338 g/mol. The highest BCUT2D eigenvalue weighted by molar-refractivity contribution is 6.43. The van der Waals surface area contributed by atoms with Crippen molar-refractivity contribution >= 4 is 28.7 Å². The third-order valence-corrected chi connectivity index (χ3v) is 4.03. The van der Waals surface area contributed by atoms with Crippen molar-refractivity contribution in [1.29, 1.82) is 0 Å². The Morgan fingerprint density at radius 2 is 2.04 bits per heavy atom. The number of nitro benzene ring substituents is 1. The first-order valence-corrected chi connectivity index (χ1v) is 8.01. The summed E-state index contributed by atoms with van der Waals surface area (Å²) in [5.74, 6) is 0.119. The van der Waals surface area contributed by atoms with Gasteiger partial charge in [0.2, 0.25) is 0 Å². The van der Waals surface area contributed by atoms with Gasteiger partial charge < -0.3 is 4.90 Å². The Hall–Kier alpha value is -3.22. The number of amidine groups is 1. The van der Waals surface area contributed by atoms with E-state index in [-0.39, 0.29) is 11.5 Å². The number of carbonyl (C=O) groups is 1. The van der Waals surface area contributed by atoms with Gasteiger partial charge in [-0.05, 0) is 30.5 Å². The van der Waals surface area contributed by atoms with Gasteiger partial charge in [-0.2, -0.15) is 5.10 Å². The number of Topliss-reactive ketones (excluding diaryl/α,β-unsaturated/α-hetero) is 1. The van der Waals surface area contributed by atoms with Crippen LogP contribution in [0, 0.1) is 10.1 Å². The monoisotopic (exact) mass is 338 g/mol. The summed E-state index contributed by atoms with van der Waals surface area (Å²) in [5.41, 5.74) is 5.35. The zero-order valence-corrected chi connectivity index (χ0v) is 13.8. The number of aryl methyl sites for hydroxylation is 1. The van der Waals surface area contributed by atoms with Gasteiger partial charge in [0, 0.05) is 31.3 Å². The number of nitrogens with zero attached hydrogens (tertiary/aromatic N) is 3. The predicted molar refractivity (Wildman–Crippen MR) is 96.9 cm³/mol. The largest absolute Gasteiger partial charge is 0.322 e. The number of para-hydroxylation sites is 1. The minimum Gasteiger partial charge on any atom is -0.322 e. The molecule has 3 rings (SSSR count). The van der Waals surface area contributed by atoms with Crippen LogP contribution < -0.4 is 10.3 Å². The summed E-state index contributed by atoms with van der Waals surface area (Å²) < 4.78 is 0. The zero-order chi connectivity index (χ0) is 17.8. The van der Waals surface area contributed by atoms with Crippen molar-refractivity contribution in [2.45, 2.75) is 19.8 Å². The molecule has 0 radical (unpaired) electrons. The topological polar surface area (TPSA) is 87.8 Å². The second-order valence-electron chi connectivity index (χ2n) is 5.79. The summed E-state index contributed by atoms with van der Waals surface area (Å²) in [6.07, 6.45) is 1.90. The second-order valence-corrected chi connectivity index (χ2v) is 5.79. The summed E-state index contributed by atoms with van der Waals surface area (Å²) in [5, 5.41) is 15.1. The fourth-order valence-corrected chi connectivity index (χ4v) is 2.89. The molecule has 7 nitrogen and oxygen atoms in total. The highest BCUT2D eigenvalue weighted by Crippen LogP contribution is 2.27. The Labute approximate surface area is 145 Å². The summed E-state index contributed by atoms with van der Waals surface area (Å²) in [4.78, 5) is 24.4. The van der Waals surface area contributed by atoms with Crippen molar-refractivity contribution in [3.63, 3.8) is 0 Å². The number of fused-ring (bicyclic) bond motifs is 1. The Morgan fingerprint density at radius 3 is 2.80 bits per heavy atom. The fraction of sp³-hybridized carbons (Fsp3) is 0.222. The summed E-state index contributed by atoms with van der Waals surface area (Å²) in [7, 11) is 0. The van der Waals surface area contributed by atoms with Crippen molar-refractivity contribution in [3.05, 3.63) is 64.2 Å². The lowest BCUT2D eigenvalue weighted by molar-refractivity contribution is -0.384. The molecule has 0 unspecified atom stereocenters. The SMILES string of the molecule is CC(=O)C(=NNc1cccc([N+](=O)[O-])c1)N1CCCc2ccccc21. The highest BCUT2D eigenvalue weighted by Gasteiger charge is 2.23. The molecular formula is C18H18N4O3. The van der Waals surface area contributed by atoms with Gasteiger partial charge in [-0.25, -0.2) is 0 Å². The Kier molecular flexibility index (Phi) is 4.74. The lowest BCUT2D eigenvalue weighted by Gasteiger charge is -2.30. The van der Waals surface area contributed by atoms with Crippen LogP contribution in [0.15, 0.2) is 53.6 Å². The average Bonchev–Trinajstić information content (AvgIpc) is 2.62. The first kappa shape index (κ1) is 16.6. The summed E-state index contributed by atoms with van der Waals surface area (Å²) >= 11 is 0. The van der Waals surface area contributed by atoms with Gasteiger partial charge in [-0.15, -0.1) is 0 Å². The van der Waals surface area contributed by atoms with E-state index in [1.807, 2.05) is 29.2 Å². The first-order chi connectivity index (χ1) is 12.1. The van der Waals surface area contributed by atoms with Crippen LogP contribution in [-0.2, 0) is 11.2 Å². The van der Waals surface area contributed by atoms with Gasteiger partial charge in [-0.3, -0.25) is 20.3 Å². The van der Waals surface area contributed by atoms with Crippen molar-refractivity contribution in [1.82, 2.24) is 0 Å². The van der Waals surface area contributed by atoms with Crippen LogP contribution in [0.5, 0.6) is 0 Å². The van der Waals surface area contributed by atoms with Crippen molar-refractivity contribution in [3.8, 4) is 0 Å². The van der Waals surface area contributed by atoms with E-state index in [4.69, 9.17) is 0 Å². The van der Waals surface area contributed by atoms with E-state index in [9.17, 15) is 14.9 Å². The van der Waals surface area contributed by atoms with Crippen LogP contribution in [0.3, 0.4) is 0 Å². The molecule has 0 amide bonds. The zero-order valence-electron chi connectivity index (χ0n) is 13.8. The van der Waals surface area contributed by atoms with Gasteiger partial charge in [-0.1, -0.05) is 24.3 Å². The quantitative estimate of drug-likeness (QED) is 0.400. The lowest BCUT2D eigenvalue weighted by Crippen LogP contribution is -2.39. The van der Waals surface area contributed by atoms with Crippen LogP contribution in [-0.4, -0.2) is 23.1 Å². The summed E-state index contributed by atoms with van der Waals surface area (Å²) in [6, 6.07) is 14.0. The molecule has 0 atom stereocenters. The van der Waals surface area contributed by atoms with Gasteiger partial charge in [0.15, 0.2) is 11.6 Å². The van der Waals surface area contributed by atoms with E-state index in [2.05, 4.69) is 10.5 Å². The van der Waals surface area contributed by atoms with Crippen LogP contribution in [0.25, 0.3) is 0 Å². The molecular weight excluding hydrogens is 320 g/mol. The molecule has 0 saturated carbocycles. The van der Waals surface area contributed by atoms with Crippen LogP contribution in [0.4, 0.5) is 17.1 Å². The standard InChI is InChI=1S/C18H18N4O3/c1-13(23)18(20-19-15-8-4-9-16(12-15)22(24)25)21-11-5-7-14-6-2-3-10-17(14)21/h2-4,6,8-10,12,19H,5,7,11H2,1H3. The number of hydrogen-bond acceptors (Lipinski definition) is 5. The van der Waals surface area contributed by atoms with Crippen LogP contribution in [0.2, 0.25) is 0 Å². The van der Waals surface area contributed by atoms with Crippen LogP contribution in [0.1, 0.15) is 18.9 Å². The van der Waals surface area contributed by atoms with Crippen molar-refractivity contribution in [2.24, 2.45) is 5.10 Å². The molecule has 0 aliphatic carbocycles. The highest BCUT2D eigenvalue weighted by atomic mass is 16.6. The van der Waals surface area contributed by atoms with E-state index in [0.717, 1.165) is 18.5 Å². The molecule has 1 heterocycles. The van der Waals surface area contributed by atoms with E-state index < -0.39 is 4.92 Å². The van der Waals surface area contributed by atoms with Gasteiger partial charge >= 0.3 is 0 Å². The van der Waals surface area contributed by atoms with Crippen molar-refractivity contribution < 1.29 is 9.72 Å². The number of ketones is 1. The maximum absolute atomic E-state index is 12.1. The molecule has 128 valence electrons. The van der Waals surface area contributed by atoms with Gasteiger partial charge in [0.05, 0.1) is 10.6 Å². The van der Waals surface area contributed by atoms with Gasteiger partial charge in [0.1, 0.15) is 0 Å². The normalized spacial score (nSPS) is 14.0. The molecule has 1 N–H and O–H groups in total. The number of anilines is 2. The lowest BCUT2D eigenvalue weighted by atomic mass is 10.0. The third kappa shape index (κ3) is 3.65. The second kappa shape index (κ2) is 7.12. The Bertz CT molecular complexity index is 848. The van der Waals surface area contributed by atoms with E-state index >= 15 is 0 Å². The Balaban J connectivity index is 1.90. The molecule has 7 heteroatoms. The molecule has 0 spiro atoms. The molecule has 0 bridgehead atoms. The molecule has 2 aromatic carbocycles. The number of nitro groups is 1. The fourth-order valence-electron chi connectivity index (χ4n) is 2.89. The first-order valence-electron chi connectivity index (χ1n) is 8.01. The molecule has 2 aromatic rings. The van der Waals surface area contributed by atoms with Crippen LogP contribution >= 0.6 is 0 Å². The number of nitrogens with one attached hydrogen (secondary N) is 1. The molecule has 1 aliphatic rings. The van der Waals surface area contributed by atoms with E-state index in [1.165, 1.54) is 24.6 Å². The smallest absolute Gasteiger partial charge is 0.271 e. The number of rotatable bonds is 4. The molecule has 25 heavy (non-hydrogen) atoms. The molecule has 0 saturated heterocycles. The predicted octanol–water partition coefficient (Wildman–Crippen LogP) is 3.36. The van der Waals surface area contributed by atoms with E-state index in [1.54, 1.807) is 12.1 Å². The molecule has 0 fully saturated rings. The maximum Gasteiger partial charge on any atom is 0.271 e. The minimum absolute atomic E-state index is 0.0344. The number of hydrazone groups is 1. The summed E-state index contributed by atoms with van der Waals surface area (Å²) in [6.45, 7) is 2.16. The molecule has 0 aromatic heterocycles. The number of non-ortho nitro benzene ring substituents is 1. The third-order valence-electron chi connectivity index (χ3n) is 4.03. The maximum atomic E-state index is 12.1. The van der Waals surface area contributed by atoms with Crippen molar-refractivity contribution in [2.75, 3.05) is 16.9 Å². The minimum atomic E-state index is -0.471. The molecule has 1 aliphatic heterocycles. The van der Waals surface area contributed by atoms with E-state index in [0.29, 0.717) is 18.1 Å². The number of carbonyl (C=O) groups excluding carboxylic acids is 1. The van der Waals surface area contributed by atoms with Gasteiger partial charge in [0.25, 0.3) is 5.69 Å². The Morgan fingerprint density at radius 1 is 1.24 bits per heavy atom. The number of hydrogen-bond donors (Lipinski definition) is 1. The number of benzene rings is 2.